The quantitative estimate of drug-likeness (QED) is 0.568. The summed E-state index contributed by atoms with van der Waals surface area (Å²) < 4.78 is 13.8. The van der Waals surface area contributed by atoms with Crippen LogP contribution in [-0.2, 0) is 11.3 Å². The molecule has 0 aliphatic heterocycles. The number of likely N-dealkylation sites (N-methyl/N-ethyl adjacent to an activating group) is 1. The van der Waals surface area contributed by atoms with Crippen LogP contribution in [0.1, 0.15) is 36.6 Å². The lowest BCUT2D eigenvalue weighted by atomic mass is 10.1. The van der Waals surface area contributed by atoms with Gasteiger partial charge in [-0.05, 0) is 43.5 Å². The van der Waals surface area contributed by atoms with Gasteiger partial charge < -0.3 is 15.5 Å². The smallest absolute Gasteiger partial charge is 0.242 e. The van der Waals surface area contributed by atoms with E-state index < -0.39 is 0 Å². The molecule has 1 atom stereocenters. The molecule has 0 heterocycles. The molecule has 28 heavy (non-hydrogen) atoms. The van der Waals surface area contributed by atoms with Crippen molar-refractivity contribution >= 4 is 11.9 Å². The van der Waals surface area contributed by atoms with E-state index in [0.29, 0.717) is 24.6 Å². The Hall–Kier alpha value is -2.89. The third kappa shape index (κ3) is 6.08. The zero-order chi connectivity index (χ0) is 20.5. The Balaban J connectivity index is 1.91. The lowest BCUT2D eigenvalue weighted by molar-refractivity contribution is -0.130. The SMILES string of the molecule is CCN(Cc1ccccc1)C(=O)CNC(=NC)NC(C)c1ccc(C)c(F)c1. The maximum atomic E-state index is 13.8. The molecule has 2 N–H and O–H groups in total. The summed E-state index contributed by atoms with van der Waals surface area (Å²) in [5.74, 6) is 0.254. The average molecular weight is 384 g/mol. The number of aryl methyl sites for hydroxylation is 1. The van der Waals surface area contributed by atoms with E-state index in [-0.39, 0.29) is 24.3 Å². The van der Waals surface area contributed by atoms with Crippen molar-refractivity contribution in [2.75, 3.05) is 20.1 Å². The topological polar surface area (TPSA) is 56.7 Å². The zero-order valence-electron chi connectivity index (χ0n) is 17.0. The van der Waals surface area contributed by atoms with Crippen LogP contribution >= 0.6 is 0 Å². The summed E-state index contributed by atoms with van der Waals surface area (Å²) in [7, 11) is 1.64. The van der Waals surface area contributed by atoms with Gasteiger partial charge in [-0.3, -0.25) is 9.79 Å². The van der Waals surface area contributed by atoms with Crippen LogP contribution < -0.4 is 10.6 Å². The van der Waals surface area contributed by atoms with Gasteiger partial charge in [0.2, 0.25) is 5.91 Å². The first-order chi connectivity index (χ1) is 13.4. The number of rotatable bonds is 7. The van der Waals surface area contributed by atoms with Gasteiger partial charge in [0.15, 0.2) is 5.96 Å². The summed E-state index contributed by atoms with van der Waals surface area (Å²) in [5.41, 5.74) is 2.52. The van der Waals surface area contributed by atoms with Gasteiger partial charge in [-0.15, -0.1) is 0 Å². The van der Waals surface area contributed by atoms with Crippen molar-refractivity contribution in [3.05, 3.63) is 71.0 Å². The van der Waals surface area contributed by atoms with Gasteiger partial charge in [-0.1, -0.05) is 42.5 Å². The molecular formula is C22H29FN4O. The Bertz CT molecular complexity index is 807. The Morgan fingerprint density at radius 3 is 2.54 bits per heavy atom. The maximum Gasteiger partial charge on any atom is 0.242 e. The molecule has 1 unspecified atom stereocenters. The van der Waals surface area contributed by atoms with Crippen LogP contribution in [0.25, 0.3) is 0 Å². The first kappa shape index (κ1) is 21.4. The molecule has 2 aromatic carbocycles. The number of benzene rings is 2. The van der Waals surface area contributed by atoms with Gasteiger partial charge in [0.25, 0.3) is 0 Å². The Morgan fingerprint density at radius 2 is 1.93 bits per heavy atom. The van der Waals surface area contributed by atoms with Gasteiger partial charge in [0, 0.05) is 20.1 Å². The number of halogens is 1. The molecule has 0 aromatic heterocycles. The molecule has 0 bridgehead atoms. The molecule has 0 fully saturated rings. The lowest BCUT2D eigenvalue weighted by Gasteiger charge is -2.23. The number of hydrogen-bond acceptors (Lipinski definition) is 2. The molecule has 1 amide bonds. The minimum atomic E-state index is -0.233. The van der Waals surface area contributed by atoms with Crippen molar-refractivity contribution in [2.24, 2.45) is 4.99 Å². The van der Waals surface area contributed by atoms with Crippen molar-refractivity contribution in [3.8, 4) is 0 Å². The number of guanidine groups is 1. The number of nitrogens with one attached hydrogen (secondary N) is 2. The average Bonchev–Trinajstić information content (AvgIpc) is 2.71. The fourth-order valence-electron chi connectivity index (χ4n) is 2.81. The first-order valence-corrected chi connectivity index (χ1v) is 9.49. The second-order valence-corrected chi connectivity index (χ2v) is 6.69. The third-order valence-corrected chi connectivity index (χ3v) is 4.63. The summed E-state index contributed by atoms with van der Waals surface area (Å²) in [6.07, 6.45) is 0. The predicted molar refractivity (Wildman–Crippen MR) is 112 cm³/mol. The van der Waals surface area contributed by atoms with Gasteiger partial charge in [0.05, 0.1) is 12.6 Å². The standard InChI is InChI=1S/C22H29FN4O/c1-5-27(15-18-9-7-6-8-10-18)21(28)14-25-22(24-4)26-17(3)19-12-11-16(2)20(23)13-19/h6-13,17H,5,14-15H2,1-4H3,(H2,24,25,26). The Kier molecular flexibility index (Phi) is 7.99. The van der Waals surface area contributed by atoms with Crippen LogP contribution in [0.2, 0.25) is 0 Å². The molecule has 0 radical (unpaired) electrons. The molecule has 2 rings (SSSR count). The van der Waals surface area contributed by atoms with Crippen molar-refractivity contribution in [1.29, 1.82) is 0 Å². The highest BCUT2D eigenvalue weighted by Crippen LogP contribution is 2.16. The molecule has 0 spiro atoms. The summed E-state index contributed by atoms with van der Waals surface area (Å²) in [5, 5.41) is 6.24. The number of hydrogen-bond donors (Lipinski definition) is 2. The van der Waals surface area contributed by atoms with E-state index in [1.807, 2.05) is 50.2 Å². The molecular weight excluding hydrogens is 355 g/mol. The third-order valence-electron chi connectivity index (χ3n) is 4.63. The van der Waals surface area contributed by atoms with Gasteiger partial charge >= 0.3 is 0 Å². The molecule has 0 saturated carbocycles. The molecule has 6 heteroatoms. The number of aliphatic imine (C=N–C) groups is 1. The van der Waals surface area contributed by atoms with E-state index >= 15 is 0 Å². The Morgan fingerprint density at radius 1 is 1.21 bits per heavy atom. The maximum absolute atomic E-state index is 13.8. The monoisotopic (exact) mass is 384 g/mol. The molecule has 5 nitrogen and oxygen atoms in total. The highest BCUT2D eigenvalue weighted by atomic mass is 19.1. The number of carbonyl (C=O) groups excluding carboxylic acids is 1. The highest BCUT2D eigenvalue weighted by molar-refractivity contribution is 5.86. The molecule has 0 saturated heterocycles. The van der Waals surface area contributed by atoms with E-state index in [9.17, 15) is 9.18 Å². The van der Waals surface area contributed by atoms with Gasteiger partial charge in [-0.2, -0.15) is 0 Å². The molecule has 0 aliphatic carbocycles. The van der Waals surface area contributed by atoms with Crippen LogP contribution in [0.4, 0.5) is 4.39 Å². The van der Waals surface area contributed by atoms with Crippen LogP contribution in [0, 0.1) is 12.7 Å². The fourth-order valence-corrected chi connectivity index (χ4v) is 2.81. The van der Waals surface area contributed by atoms with Crippen molar-refractivity contribution < 1.29 is 9.18 Å². The van der Waals surface area contributed by atoms with Crippen molar-refractivity contribution in [2.45, 2.75) is 33.4 Å². The van der Waals surface area contributed by atoms with E-state index in [1.165, 1.54) is 6.07 Å². The minimum absolute atomic E-state index is 0.0108. The van der Waals surface area contributed by atoms with Crippen LogP contribution in [0.5, 0.6) is 0 Å². The predicted octanol–water partition coefficient (Wildman–Crippen LogP) is 3.41. The fraction of sp³-hybridized carbons (Fsp3) is 0.364. The van der Waals surface area contributed by atoms with E-state index in [1.54, 1.807) is 24.9 Å². The number of carbonyl (C=O) groups is 1. The largest absolute Gasteiger partial charge is 0.350 e. The summed E-state index contributed by atoms with van der Waals surface area (Å²) >= 11 is 0. The zero-order valence-corrected chi connectivity index (χ0v) is 17.0. The first-order valence-electron chi connectivity index (χ1n) is 9.49. The van der Waals surface area contributed by atoms with Crippen molar-refractivity contribution in [3.63, 3.8) is 0 Å². The normalized spacial score (nSPS) is 12.4. The minimum Gasteiger partial charge on any atom is -0.350 e. The van der Waals surface area contributed by atoms with Crippen LogP contribution in [0.15, 0.2) is 53.5 Å². The number of nitrogens with zero attached hydrogens (tertiary/aromatic N) is 2. The summed E-state index contributed by atoms with van der Waals surface area (Å²) in [6.45, 7) is 6.95. The second kappa shape index (κ2) is 10.4. The van der Waals surface area contributed by atoms with E-state index in [4.69, 9.17) is 0 Å². The van der Waals surface area contributed by atoms with Gasteiger partial charge in [-0.25, -0.2) is 4.39 Å². The van der Waals surface area contributed by atoms with E-state index in [0.717, 1.165) is 11.1 Å². The number of amides is 1. The van der Waals surface area contributed by atoms with Crippen LogP contribution in [-0.4, -0.2) is 36.9 Å². The lowest BCUT2D eigenvalue weighted by Crippen LogP contribution is -2.45. The van der Waals surface area contributed by atoms with Gasteiger partial charge in [0.1, 0.15) is 5.82 Å². The summed E-state index contributed by atoms with van der Waals surface area (Å²) in [6, 6.07) is 14.9. The Labute approximate surface area is 166 Å². The molecule has 150 valence electrons. The molecule has 2 aromatic rings. The second-order valence-electron chi connectivity index (χ2n) is 6.69. The van der Waals surface area contributed by atoms with Crippen LogP contribution in [0.3, 0.4) is 0 Å². The van der Waals surface area contributed by atoms with Crippen molar-refractivity contribution in [1.82, 2.24) is 15.5 Å². The molecule has 0 aliphatic rings. The highest BCUT2D eigenvalue weighted by Gasteiger charge is 2.14. The summed E-state index contributed by atoms with van der Waals surface area (Å²) in [4.78, 5) is 18.5. The van der Waals surface area contributed by atoms with E-state index in [2.05, 4.69) is 15.6 Å².